The number of carbonyl (C=O) groups excluding carboxylic acids is 6. The van der Waals surface area contributed by atoms with Crippen molar-refractivity contribution in [1.82, 2.24) is 61.5 Å². The van der Waals surface area contributed by atoms with Crippen molar-refractivity contribution in [1.29, 1.82) is 0 Å². The zero-order valence-corrected chi connectivity index (χ0v) is 54.3. The van der Waals surface area contributed by atoms with E-state index in [0.717, 1.165) is 11.3 Å². The number of hydrogen-bond donors (Lipinski definition) is 8. The molecule has 0 aliphatic carbocycles. The Balaban J connectivity index is 1.09. The number of thiazole rings is 6. The van der Waals surface area contributed by atoms with Gasteiger partial charge in [0.2, 0.25) is 17.7 Å². The van der Waals surface area contributed by atoms with E-state index in [-0.39, 0.29) is 46.9 Å². The van der Waals surface area contributed by atoms with Gasteiger partial charge in [0, 0.05) is 51.5 Å². The molecule has 0 spiro atoms. The molecule has 8 aromatic rings. The summed E-state index contributed by atoms with van der Waals surface area (Å²) in [6.07, 6.45) is 0.802. The number of carboxylic acids is 1. The number of pyridine rings is 1. The average Bonchev–Trinajstić information content (AvgIpc) is 3.32. The van der Waals surface area contributed by atoms with Crippen LogP contribution < -0.4 is 31.9 Å². The van der Waals surface area contributed by atoms with Crippen LogP contribution >= 0.6 is 68.0 Å². The summed E-state index contributed by atoms with van der Waals surface area (Å²) < 4.78 is 5.46. The van der Waals surface area contributed by atoms with Gasteiger partial charge in [-0.15, -0.1) is 68.0 Å². The summed E-state index contributed by atoms with van der Waals surface area (Å²) in [5.41, 5.74) is 1.07. The maximum absolute atomic E-state index is 14.4. The number of ether oxygens (including phenoxy) is 1. The number of nitrogens with zero attached hydrogens (tertiary/aromatic N) is 7. The smallest absolute Gasteiger partial charge is 0.309 e. The van der Waals surface area contributed by atoms with Crippen LogP contribution in [-0.4, -0.2) is 107 Å². The molecule has 9 rings (SSSR count). The minimum atomic E-state index is -1.28. The third-order valence-corrected chi connectivity index (χ3v) is 20.3. The number of carboxylic acid groups (broad SMARTS) is 1. The fourth-order valence-corrected chi connectivity index (χ4v) is 14.8. The Labute approximate surface area is 530 Å². The van der Waals surface area contributed by atoms with Gasteiger partial charge < -0.3 is 46.9 Å². The maximum Gasteiger partial charge on any atom is 0.309 e. The van der Waals surface area contributed by atoms with Gasteiger partial charge in [-0.1, -0.05) is 70.9 Å². The van der Waals surface area contributed by atoms with Crippen LogP contribution in [0, 0.1) is 23.7 Å². The van der Waals surface area contributed by atoms with Crippen LogP contribution in [0.1, 0.15) is 160 Å². The molecule has 1 aromatic carbocycles. The van der Waals surface area contributed by atoms with Gasteiger partial charge in [-0.25, -0.2) is 34.9 Å². The van der Waals surface area contributed by atoms with Gasteiger partial charge in [-0.05, 0) is 57.2 Å². The van der Waals surface area contributed by atoms with Gasteiger partial charge in [0.05, 0.1) is 47.6 Å². The molecule has 1 aliphatic rings. The van der Waals surface area contributed by atoms with Crippen molar-refractivity contribution in [2.24, 2.45) is 16.7 Å². The average molecular weight is 1310 g/mol. The van der Waals surface area contributed by atoms with Gasteiger partial charge in [0.25, 0.3) is 17.7 Å². The Morgan fingerprint density at radius 1 is 0.682 bits per heavy atom. The van der Waals surface area contributed by atoms with Crippen molar-refractivity contribution < 1.29 is 48.5 Å². The molecule has 8 N–H and O–H groups in total. The van der Waals surface area contributed by atoms with E-state index in [1.165, 1.54) is 70.8 Å². The molecule has 4 atom stereocenters. The Bertz CT molecular complexity index is 3880. The highest BCUT2D eigenvalue weighted by Crippen LogP contribution is 2.41. The third-order valence-electron chi connectivity index (χ3n) is 14.5. The molecule has 462 valence electrons. The standard InChI is InChI=1S/C59H65N13O10S6/c1-28(2)41-55-72-44(37(88-55)23-82-9)48(77)61-22-40(74)69-45(46(75)30-15-11-10-12-16-30)54-66-36(26-85-54)52-64-34(24-84-52)43-31(50-65-35(25-83-50)47(76)63-33(21-39(73)60-8)53-71-42(29(3)87-53)49(78)70-41)17-18-32(62-43)51-67-38(27-86-51)68-56(79)58(4,5)19-13-14-20-59(6,7)57(80)81/h10-12,15-18,24-28,33,41,45-46,75H,13-14,19-23H2,1-9H3,(H,60,73)(H,61,77)(H,63,76)(H,68,79)(H,69,74)(H,70,78)(H,80,81)/t33-,41-,45-,46-/m0/s1. The van der Waals surface area contributed by atoms with Gasteiger partial charge in [-0.2, -0.15) is 0 Å². The second kappa shape index (κ2) is 27.8. The number of aromatic nitrogens is 7. The number of rotatable bonds is 16. The Morgan fingerprint density at radius 2 is 1.35 bits per heavy atom. The largest absolute Gasteiger partial charge is 0.481 e. The summed E-state index contributed by atoms with van der Waals surface area (Å²) in [6, 6.07) is 9.52. The third kappa shape index (κ3) is 15.1. The first kappa shape index (κ1) is 64.8. The first-order valence-corrected chi connectivity index (χ1v) is 33.1. The lowest BCUT2D eigenvalue weighted by Gasteiger charge is -2.24. The summed E-state index contributed by atoms with van der Waals surface area (Å²) in [5.74, 6) is -3.93. The van der Waals surface area contributed by atoms with E-state index < -0.39 is 77.1 Å². The van der Waals surface area contributed by atoms with Crippen LogP contribution in [0.2, 0.25) is 0 Å². The highest BCUT2D eigenvalue weighted by atomic mass is 32.1. The Morgan fingerprint density at radius 3 is 2.07 bits per heavy atom. The second-order valence-corrected chi connectivity index (χ2v) is 28.2. The van der Waals surface area contributed by atoms with E-state index in [4.69, 9.17) is 39.6 Å². The summed E-state index contributed by atoms with van der Waals surface area (Å²) >= 11 is 7.21. The van der Waals surface area contributed by atoms with Gasteiger partial charge in [-0.3, -0.25) is 33.6 Å². The maximum atomic E-state index is 14.4. The molecule has 7 aromatic heterocycles. The predicted molar refractivity (Wildman–Crippen MR) is 339 cm³/mol. The lowest BCUT2D eigenvalue weighted by Crippen LogP contribution is -2.40. The van der Waals surface area contributed by atoms with Crippen molar-refractivity contribution in [3.63, 3.8) is 0 Å². The molecule has 0 radical (unpaired) electrons. The van der Waals surface area contributed by atoms with Crippen molar-refractivity contribution in [2.75, 3.05) is 26.0 Å². The van der Waals surface area contributed by atoms with Crippen molar-refractivity contribution in [3.8, 4) is 43.4 Å². The molecule has 0 saturated carbocycles. The first-order chi connectivity index (χ1) is 41.9. The van der Waals surface area contributed by atoms with Crippen LogP contribution in [0.25, 0.3) is 43.4 Å². The number of unbranched alkanes of at least 4 members (excludes halogenated alkanes) is 1. The van der Waals surface area contributed by atoms with E-state index in [1.807, 2.05) is 27.7 Å². The fourth-order valence-electron chi connectivity index (χ4n) is 9.28. The van der Waals surface area contributed by atoms with Gasteiger partial charge in [0.1, 0.15) is 82.2 Å². The van der Waals surface area contributed by atoms with Crippen molar-refractivity contribution in [2.45, 2.75) is 111 Å². The van der Waals surface area contributed by atoms with E-state index >= 15 is 0 Å². The monoisotopic (exact) mass is 1310 g/mol. The number of carbonyl (C=O) groups is 7. The lowest BCUT2D eigenvalue weighted by molar-refractivity contribution is -0.147. The number of aliphatic hydroxyl groups excluding tert-OH is 1. The molecular weight excluding hydrogens is 1240 g/mol. The van der Waals surface area contributed by atoms with Crippen LogP contribution in [-0.2, 0) is 30.5 Å². The molecule has 8 heterocycles. The van der Waals surface area contributed by atoms with Gasteiger partial charge >= 0.3 is 5.97 Å². The molecule has 6 amide bonds. The number of amides is 6. The van der Waals surface area contributed by atoms with E-state index in [9.17, 15) is 43.8 Å². The van der Waals surface area contributed by atoms with Crippen LogP contribution in [0.3, 0.4) is 0 Å². The molecule has 29 heteroatoms. The molecule has 88 heavy (non-hydrogen) atoms. The van der Waals surface area contributed by atoms with Gasteiger partial charge in [0.15, 0.2) is 0 Å². The molecule has 0 fully saturated rings. The zero-order chi connectivity index (χ0) is 63.2. The number of aliphatic hydroxyl groups is 1. The normalized spacial score (nSPS) is 16.5. The molecule has 10 bridgehead atoms. The molecule has 0 saturated heterocycles. The predicted octanol–water partition coefficient (Wildman–Crippen LogP) is 9.95. The number of aryl methyl sites for hydroxylation is 1. The minimum Gasteiger partial charge on any atom is -0.481 e. The van der Waals surface area contributed by atoms with Crippen molar-refractivity contribution in [3.05, 3.63) is 111 Å². The number of fused-ring (bicyclic) bond motifs is 14. The molecular formula is C59H65N13O10S6. The number of aliphatic carboxylic acids is 1. The van der Waals surface area contributed by atoms with Crippen LogP contribution in [0.5, 0.6) is 0 Å². The topological polar surface area (TPSA) is 332 Å². The Kier molecular flexibility index (Phi) is 20.5. The van der Waals surface area contributed by atoms with E-state index in [1.54, 1.807) is 84.8 Å². The quantitative estimate of drug-likeness (QED) is 0.0417. The number of methoxy groups -OCH3 is 1. The molecule has 0 unspecified atom stereocenters. The Hall–Kier alpha value is -7.64. The van der Waals surface area contributed by atoms with E-state index in [2.05, 4.69) is 31.9 Å². The lowest BCUT2D eigenvalue weighted by atomic mass is 9.82. The number of benzene rings is 1. The minimum absolute atomic E-state index is 0.000337. The van der Waals surface area contributed by atoms with E-state index in [0.29, 0.717) is 100 Å². The highest BCUT2D eigenvalue weighted by molar-refractivity contribution is 7.15. The highest BCUT2D eigenvalue weighted by Gasteiger charge is 2.34. The number of nitrogens with one attached hydrogen (secondary N) is 6. The molecule has 1 aliphatic heterocycles. The number of anilines is 1. The van der Waals surface area contributed by atoms with Crippen LogP contribution in [0.15, 0.2) is 64.0 Å². The van der Waals surface area contributed by atoms with Crippen LogP contribution in [0.4, 0.5) is 5.82 Å². The summed E-state index contributed by atoms with van der Waals surface area (Å²) in [4.78, 5) is 130. The fraction of sp³-hybridized carbons (Fsp3) is 0.390. The molecule has 23 nitrogen and oxygen atoms in total. The summed E-state index contributed by atoms with van der Waals surface area (Å²) in [6.45, 7) is 12.0. The zero-order valence-electron chi connectivity index (χ0n) is 49.4. The second-order valence-electron chi connectivity index (χ2n) is 22.4. The van der Waals surface area contributed by atoms with Crippen molar-refractivity contribution >= 4 is 115 Å². The SMILES string of the molecule is CNC(=O)C[C@@H]1NC(=O)c2csc(n2)-c2ccc(-c3nc(NC(=O)C(C)(C)CCCCC(C)(C)C(=O)O)cs3)nc2-c2csc(n2)-c2csc(n2)[C@H]([C@@H](O)c2ccccc2)NC(=O)CNC(=O)c2nc(sc2COC)[C@H](C(C)C)NC(=O)c2nc1sc2C. The summed E-state index contributed by atoms with van der Waals surface area (Å²) in [5, 5.41) is 47.8. The first-order valence-electron chi connectivity index (χ1n) is 27.9. The summed E-state index contributed by atoms with van der Waals surface area (Å²) in [7, 11) is 2.94. The number of hydrogen-bond acceptors (Lipinski definition) is 22.